The molecular weight excluding hydrogens is 332 g/mol. The Kier molecular flexibility index (Phi) is 4.44. The van der Waals surface area contributed by atoms with Crippen molar-refractivity contribution in [3.8, 4) is 0 Å². The fourth-order valence-electron chi connectivity index (χ4n) is 7.40. The number of aryl methyl sites for hydroxylation is 2. The summed E-state index contributed by atoms with van der Waals surface area (Å²) >= 11 is 0. The number of nitrogens with one attached hydrogen (secondary N) is 2. The molecule has 1 aromatic carbocycles. The highest BCUT2D eigenvalue weighted by Gasteiger charge is 2.54. The van der Waals surface area contributed by atoms with Crippen LogP contribution in [0.1, 0.15) is 75.8 Å². The number of carbonyl (C=O) groups excluding carboxylic acids is 1. The lowest BCUT2D eigenvalue weighted by molar-refractivity contribution is -0.0727. The Hall–Kier alpha value is -1.51. The molecule has 4 fully saturated rings. The van der Waals surface area contributed by atoms with Crippen molar-refractivity contribution >= 4 is 11.7 Å². The van der Waals surface area contributed by atoms with Gasteiger partial charge in [0.15, 0.2) is 0 Å². The Bertz CT molecular complexity index is 690. The van der Waals surface area contributed by atoms with Gasteiger partial charge in [0.05, 0.1) is 0 Å². The molecule has 4 saturated carbocycles. The van der Waals surface area contributed by atoms with Gasteiger partial charge in [0, 0.05) is 11.7 Å². The average molecular weight is 367 g/mol. The van der Waals surface area contributed by atoms with Crippen molar-refractivity contribution in [1.29, 1.82) is 0 Å². The largest absolute Gasteiger partial charge is 0.335 e. The molecule has 5 aliphatic rings. The van der Waals surface area contributed by atoms with Crippen LogP contribution in [0.5, 0.6) is 0 Å². The molecule has 0 spiro atoms. The second-order valence-electron chi connectivity index (χ2n) is 10.1. The van der Waals surface area contributed by atoms with Crippen molar-refractivity contribution in [3.05, 3.63) is 29.3 Å². The Morgan fingerprint density at radius 2 is 1.74 bits per heavy atom. The summed E-state index contributed by atoms with van der Waals surface area (Å²) in [6, 6.07) is 6.79. The maximum absolute atomic E-state index is 12.9. The van der Waals surface area contributed by atoms with E-state index < -0.39 is 0 Å². The lowest BCUT2D eigenvalue weighted by atomic mass is 9.47. The second kappa shape index (κ2) is 6.83. The summed E-state index contributed by atoms with van der Waals surface area (Å²) < 4.78 is 0. The Morgan fingerprint density at radius 1 is 1.07 bits per heavy atom. The normalized spacial score (nSPS) is 34.3. The molecule has 0 saturated heterocycles. The van der Waals surface area contributed by atoms with Crippen molar-refractivity contribution in [2.45, 2.75) is 83.6 Å². The van der Waals surface area contributed by atoms with E-state index in [0.717, 1.165) is 42.7 Å². The standard InChI is InChI=1S/C24H34N2O/c1-2-4-22(24-13-16-9-17(14-24)11-18(10-16)15-24)26-23(27)25-21-8-7-19-5-3-6-20(19)12-21/h7-8,12,16-18,22H,2-6,9-11,13-15H2,1H3,(H2,25,26,27)/t16?,17?,18?,22-,24?/m1/s1. The van der Waals surface area contributed by atoms with Gasteiger partial charge in [0.1, 0.15) is 0 Å². The molecule has 2 amide bonds. The van der Waals surface area contributed by atoms with E-state index in [1.54, 1.807) is 0 Å². The molecule has 4 bridgehead atoms. The maximum atomic E-state index is 12.9. The van der Waals surface area contributed by atoms with E-state index in [0.29, 0.717) is 11.5 Å². The number of rotatable bonds is 5. The zero-order valence-electron chi connectivity index (χ0n) is 16.7. The van der Waals surface area contributed by atoms with Crippen LogP contribution in [0.15, 0.2) is 18.2 Å². The molecule has 0 radical (unpaired) electrons. The van der Waals surface area contributed by atoms with E-state index in [9.17, 15) is 4.79 Å². The molecule has 146 valence electrons. The highest BCUT2D eigenvalue weighted by molar-refractivity contribution is 5.89. The smallest absolute Gasteiger partial charge is 0.319 e. The summed E-state index contributed by atoms with van der Waals surface area (Å²) in [4.78, 5) is 12.9. The molecule has 5 aliphatic carbocycles. The molecule has 3 heteroatoms. The van der Waals surface area contributed by atoms with E-state index in [1.165, 1.54) is 62.5 Å². The molecule has 6 rings (SSSR count). The van der Waals surface area contributed by atoms with Gasteiger partial charge >= 0.3 is 6.03 Å². The zero-order valence-corrected chi connectivity index (χ0v) is 16.7. The van der Waals surface area contributed by atoms with Crippen LogP contribution >= 0.6 is 0 Å². The summed E-state index contributed by atoms with van der Waals surface area (Å²) in [6.45, 7) is 2.26. The van der Waals surface area contributed by atoms with E-state index in [4.69, 9.17) is 0 Å². The Morgan fingerprint density at radius 3 is 2.41 bits per heavy atom. The van der Waals surface area contributed by atoms with Gasteiger partial charge in [-0.05, 0) is 111 Å². The summed E-state index contributed by atoms with van der Waals surface area (Å²) in [6.07, 6.45) is 14.3. The van der Waals surface area contributed by atoms with Gasteiger partial charge in [-0.2, -0.15) is 0 Å². The first-order chi connectivity index (χ1) is 13.1. The van der Waals surface area contributed by atoms with E-state index in [1.807, 2.05) is 0 Å². The van der Waals surface area contributed by atoms with Crippen LogP contribution in [0.3, 0.4) is 0 Å². The fourth-order valence-corrected chi connectivity index (χ4v) is 7.40. The lowest BCUT2D eigenvalue weighted by Gasteiger charge is -2.59. The van der Waals surface area contributed by atoms with Crippen LogP contribution in [0.4, 0.5) is 10.5 Å². The van der Waals surface area contributed by atoms with Gasteiger partial charge in [0.2, 0.25) is 0 Å². The fraction of sp³-hybridized carbons (Fsp3) is 0.708. The van der Waals surface area contributed by atoms with Crippen molar-refractivity contribution in [2.24, 2.45) is 23.2 Å². The van der Waals surface area contributed by atoms with E-state index in [2.05, 4.69) is 35.8 Å². The van der Waals surface area contributed by atoms with E-state index in [-0.39, 0.29) is 6.03 Å². The molecule has 0 unspecified atom stereocenters. The molecule has 3 nitrogen and oxygen atoms in total. The molecule has 1 atom stereocenters. The van der Waals surface area contributed by atoms with Crippen LogP contribution in [-0.2, 0) is 12.8 Å². The van der Waals surface area contributed by atoms with Gasteiger partial charge in [-0.25, -0.2) is 4.79 Å². The summed E-state index contributed by atoms with van der Waals surface area (Å²) in [5.41, 5.74) is 4.20. The number of urea groups is 1. The van der Waals surface area contributed by atoms with Crippen molar-refractivity contribution in [1.82, 2.24) is 5.32 Å². The quantitative estimate of drug-likeness (QED) is 0.691. The topological polar surface area (TPSA) is 41.1 Å². The van der Waals surface area contributed by atoms with Gasteiger partial charge in [0.25, 0.3) is 0 Å². The maximum Gasteiger partial charge on any atom is 0.319 e. The molecule has 0 aromatic heterocycles. The Balaban J connectivity index is 1.29. The molecule has 0 aliphatic heterocycles. The zero-order chi connectivity index (χ0) is 18.4. The number of amides is 2. The second-order valence-corrected chi connectivity index (χ2v) is 10.1. The Labute approximate surface area is 163 Å². The summed E-state index contributed by atoms with van der Waals surface area (Å²) in [5, 5.41) is 6.58. The number of fused-ring (bicyclic) bond motifs is 1. The van der Waals surface area contributed by atoms with E-state index >= 15 is 0 Å². The number of benzene rings is 1. The van der Waals surface area contributed by atoms with Gasteiger partial charge in [-0.15, -0.1) is 0 Å². The van der Waals surface area contributed by atoms with Gasteiger partial charge < -0.3 is 10.6 Å². The van der Waals surface area contributed by atoms with Gasteiger partial charge in [-0.1, -0.05) is 19.4 Å². The van der Waals surface area contributed by atoms with Crippen LogP contribution in [0, 0.1) is 23.2 Å². The minimum Gasteiger partial charge on any atom is -0.335 e. The van der Waals surface area contributed by atoms with Crippen molar-refractivity contribution in [2.75, 3.05) is 5.32 Å². The molecule has 0 heterocycles. The number of anilines is 1. The predicted molar refractivity (Wildman–Crippen MR) is 110 cm³/mol. The summed E-state index contributed by atoms with van der Waals surface area (Å²) in [5.74, 6) is 2.78. The molecule has 27 heavy (non-hydrogen) atoms. The highest BCUT2D eigenvalue weighted by atomic mass is 16.2. The lowest BCUT2D eigenvalue weighted by Crippen LogP contribution is -2.57. The third kappa shape index (κ3) is 3.28. The third-order valence-corrected chi connectivity index (χ3v) is 8.06. The number of hydrogen-bond acceptors (Lipinski definition) is 1. The molecule has 2 N–H and O–H groups in total. The number of carbonyl (C=O) groups is 1. The minimum absolute atomic E-state index is 0.00198. The number of hydrogen-bond donors (Lipinski definition) is 2. The highest BCUT2D eigenvalue weighted by Crippen LogP contribution is 2.61. The first-order valence-corrected chi connectivity index (χ1v) is 11.3. The molecule has 1 aromatic rings. The summed E-state index contributed by atoms with van der Waals surface area (Å²) in [7, 11) is 0. The predicted octanol–water partition coefficient (Wildman–Crippen LogP) is 5.68. The van der Waals surface area contributed by atoms with Crippen molar-refractivity contribution in [3.63, 3.8) is 0 Å². The van der Waals surface area contributed by atoms with Crippen LogP contribution in [-0.4, -0.2) is 12.1 Å². The SMILES string of the molecule is CCC[C@@H](NC(=O)Nc1ccc2c(c1)CCC2)C12CC3CC(CC(C3)C1)C2. The van der Waals surface area contributed by atoms with Crippen LogP contribution in [0.25, 0.3) is 0 Å². The van der Waals surface area contributed by atoms with Crippen LogP contribution in [0.2, 0.25) is 0 Å². The molecular formula is C24H34N2O. The first-order valence-electron chi connectivity index (χ1n) is 11.3. The monoisotopic (exact) mass is 366 g/mol. The third-order valence-electron chi connectivity index (χ3n) is 8.06. The van der Waals surface area contributed by atoms with Crippen molar-refractivity contribution < 1.29 is 4.79 Å². The van der Waals surface area contributed by atoms with Gasteiger partial charge in [-0.3, -0.25) is 0 Å². The first kappa shape index (κ1) is 17.6. The average Bonchev–Trinajstić information content (AvgIpc) is 3.08. The minimum atomic E-state index is 0.00198. The van der Waals surface area contributed by atoms with Crippen LogP contribution < -0.4 is 10.6 Å².